The molecule has 2 aromatic heterocycles. The van der Waals surface area contributed by atoms with Crippen LogP contribution in [0.1, 0.15) is 11.1 Å². The van der Waals surface area contributed by atoms with Crippen molar-refractivity contribution < 1.29 is 0 Å². The Morgan fingerprint density at radius 3 is 0.963 bits per heavy atom. The van der Waals surface area contributed by atoms with Crippen molar-refractivity contribution in [1.29, 1.82) is 0 Å². The van der Waals surface area contributed by atoms with Crippen LogP contribution >= 0.6 is 0 Å². The Kier molecular flexibility index (Phi) is 6.72. The summed E-state index contributed by atoms with van der Waals surface area (Å²) in [5.41, 5.74) is 14.8. The normalized spacial score (nSPS) is 11.9. The van der Waals surface area contributed by atoms with Crippen LogP contribution in [0.15, 0.2) is 182 Å². The summed E-state index contributed by atoms with van der Waals surface area (Å²) in [5.74, 6) is 0. The standard InChI is InChI=1S/C52H36N2/c1-33-41-27-25-38(36-14-12-16-40(30-36)54-51-23-9-5-19-45(51)46-20-6-10-24-52(46)54)32-48(41)34(2)42-28-26-37(31-47(33)42)35-13-11-15-39(29-35)53-49-21-7-3-17-43(49)44-18-4-8-22-50(44)53/h3-32H,1-2H3. The lowest BCUT2D eigenvalue weighted by Crippen LogP contribution is -1.95. The fraction of sp³-hybridized carbons (Fsp3) is 0.0385. The highest BCUT2D eigenvalue weighted by molar-refractivity contribution is 6.11. The molecule has 0 spiro atoms. The SMILES string of the molecule is Cc1c2ccc(-c3cccc(-n4c5ccccc5c5ccccc54)c3)cc2c(C)c2ccc(-c3cccc(-n4c5ccccc5c5ccccc54)c3)cc12. The van der Waals surface area contributed by atoms with Gasteiger partial charge in [0.1, 0.15) is 0 Å². The molecule has 9 aromatic carbocycles. The van der Waals surface area contributed by atoms with Crippen molar-refractivity contribution in [2.75, 3.05) is 0 Å². The Morgan fingerprint density at radius 1 is 0.259 bits per heavy atom. The molecule has 11 aromatic rings. The van der Waals surface area contributed by atoms with Gasteiger partial charge in [0.05, 0.1) is 22.1 Å². The van der Waals surface area contributed by atoms with E-state index in [0.29, 0.717) is 0 Å². The third kappa shape index (κ3) is 4.53. The molecule has 0 N–H and O–H groups in total. The molecule has 0 saturated carbocycles. The minimum atomic E-state index is 1.17. The fourth-order valence-corrected chi connectivity index (χ4v) is 9.06. The molecule has 0 saturated heterocycles. The van der Waals surface area contributed by atoms with Crippen LogP contribution in [0, 0.1) is 13.8 Å². The molecular formula is C52H36N2. The van der Waals surface area contributed by atoms with Crippen molar-refractivity contribution >= 4 is 65.2 Å². The van der Waals surface area contributed by atoms with Crippen LogP contribution in [-0.4, -0.2) is 9.13 Å². The summed E-state index contributed by atoms with van der Waals surface area (Å²) in [6.45, 7) is 4.57. The van der Waals surface area contributed by atoms with Crippen LogP contribution in [0.2, 0.25) is 0 Å². The predicted octanol–water partition coefficient (Wildman–Crippen LogP) is 14.1. The topological polar surface area (TPSA) is 9.86 Å². The van der Waals surface area contributed by atoms with Gasteiger partial charge in [-0.1, -0.05) is 121 Å². The van der Waals surface area contributed by atoms with Crippen LogP contribution in [0.25, 0.3) is 98.8 Å². The molecule has 0 fully saturated rings. The van der Waals surface area contributed by atoms with Crippen molar-refractivity contribution in [3.05, 3.63) is 193 Å². The highest BCUT2D eigenvalue weighted by atomic mass is 15.0. The number of hydrogen-bond donors (Lipinski definition) is 0. The summed E-state index contributed by atoms with van der Waals surface area (Å²) in [6, 6.07) is 66.9. The van der Waals surface area contributed by atoms with Crippen LogP contribution in [-0.2, 0) is 0 Å². The monoisotopic (exact) mass is 688 g/mol. The van der Waals surface area contributed by atoms with Crippen LogP contribution in [0.5, 0.6) is 0 Å². The number of para-hydroxylation sites is 4. The third-order valence-electron chi connectivity index (χ3n) is 11.7. The second kappa shape index (κ2) is 11.8. The lowest BCUT2D eigenvalue weighted by Gasteiger charge is -2.16. The molecular weight excluding hydrogens is 653 g/mol. The van der Waals surface area contributed by atoms with Crippen molar-refractivity contribution in [2.24, 2.45) is 0 Å². The van der Waals surface area contributed by atoms with E-state index in [1.165, 1.54) is 110 Å². The van der Waals surface area contributed by atoms with Gasteiger partial charge in [-0.3, -0.25) is 0 Å². The van der Waals surface area contributed by atoms with Crippen LogP contribution < -0.4 is 0 Å². The number of aryl methyl sites for hydroxylation is 2. The maximum atomic E-state index is 2.40. The molecule has 54 heavy (non-hydrogen) atoms. The van der Waals surface area contributed by atoms with Gasteiger partial charge in [-0.15, -0.1) is 0 Å². The Balaban J connectivity index is 1.01. The fourth-order valence-electron chi connectivity index (χ4n) is 9.06. The number of rotatable bonds is 4. The number of benzene rings is 9. The zero-order valence-electron chi connectivity index (χ0n) is 30.2. The molecule has 0 radical (unpaired) electrons. The Labute approximate surface area is 313 Å². The lowest BCUT2D eigenvalue weighted by molar-refractivity contribution is 1.18. The highest BCUT2D eigenvalue weighted by Crippen LogP contribution is 2.39. The first kappa shape index (κ1) is 30.7. The van der Waals surface area contributed by atoms with Gasteiger partial charge in [-0.05, 0) is 129 Å². The molecule has 0 bridgehead atoms. The van der Waals surface area contributed by atoms with Gasteiger partial charge in [0.25, 0.3) is 0 Å². The molecule has 2 nitrogen and oxygen atoms in total. The van der Waals surface area contributed by atoms with E-state index in [1.54, 1.807) is 0 Å². The lowest BCUT2D eigenvalue weighted by atomic mass is 9.89. The van der Waals surface area contributed by atoms with Gasteiger partial charge in [0, 0.05) is 32.9 Å². The summed E-state index contributed by atoms with van der Waals surface area (Å²) in [5, 5.41) is 10.3. The first-order valence-electron chi connectivity index (χ1n) is 18.8. The van der Waals surface area contributed by atoms with E-state index in [-0.39, 0.29) is 0 Å². The second-order valence-corrected chi connectivity index (χ2v) is 14.6. The van der Waals surface area contributed by atoms with E-state index in [4.69, 9.17) is 0 Å². The molecule has 0 aliphatic heterocycles. The Morgan fingerprint density at radius 2 is 0.593 bits per heavy atom. The maximum absolute atomic E-state index is 2.40. The van der Waals surface area contributed by atoms with Gasteiger partial charge in [0.2, 0.25) is 0 Å². The highest BCUT2D eigenvalue weighted by Gasteiger charge is 2.16. The third-order valence-corrected chi connectivity index (χ3v) is 11.7. The molecule has 0 aliphatic rings. The van der Waals surface area contributed by atoms with Crippen LogP contribution in [0.4, 0.5) is 0 Å². The van der Waals surface area contributed by atoms with E-state index in [1.807, 2.05) is 0 Å². The summed E-state index contributed by atoms with van der Waals surface area (Å²) in [6.07, 6.45) is 0. The Hall–Kier alpha value is -6.90. The summed E-state index contributed by atoms with van der Waals surface area (Å²) in [4.78, 5) is 0. The minimum Gasteiger partial charge on any atom is -0.309 e. The van der Waals surface area contributed by atoms with Crippen molar-refractivity contribution in [3.8, 4) is 33.6 Å². The number of hydrogen-bond acceptors (Lipinski definition) is 0. The number of nitrogens with zero attached hydrogens (tertiary/aromatic N) is 2. The van der Waals surface area contributed by atoms with Crippen molar-refractivity contribution in [2.45, 2.75) is 13.8 Å². The molecule has 0 aliphatic carbocycles. The molecule has 254 valence electrons. The van der Waals surface area contributed by atoms with E-state index >= 15 is 0 Å². The van der Waals surface area contributed by atoms with E-state index in [0.717, 1.165) is 0 Å². The van der Waals surface area contributed by atoms with Gasteiger partial charge < -0.3 is 9.13 Å². The largest absolute Gasteiger partial charge is 0.309 e. The van der Waals surface area contributed by atoms with Gasteiger partial charge >= 0.3 is 0 Å². The van der Waals surface area contributed by atoms with Gasteiger partial charge in [-0.25, -0.2) is 0 Å². The van der Waals surface area contributed by atoms with E-state index in [9.17, 15) is 0 Å². The zero-order chi connectivity index (χ0) is 35.9. The molecule has 11 rings (SSSR count). The van der Waals surface area contributed by atoms with Crippen LogP contribution in [0.3, 0.4) is 0 Å². The van der Waals surface area contributed by atoms with Gasteiger partial charge in [-0.2, -0.15) is 0 Å². The maximum Gasteiger partial charge on any atom is 0.0541 e. The van der Waals surface area contributed by atoms with E-state index < -0.39 is 0 Å². The summed E-state index contributed by atoms with van der Waals surface area (Å²) < 4.78 is 4.79. The average molecular weight is 689 g/mol. The summed E-state index contributed by atoms with van der Waals surface area (Å²) >= 11 is 0. The predicted molar refractivity (Wildman–Crippen MR) is 230 cm³/mol. The first-order chi connectivity index (χ1) is 26.6. The molecule has 2 heteroatoms. The van der Waals surface area contributed by atoms with Crippen molar-refractivity contribution in [1.82, 2.24) is 9.13 Å². The number of fused-ring (bicyclic) bond motifs is 8. The number of aromatic nitrogens is 2. The first-order valence-corrected chi connectivity index (χ1v) is 18.8. The van der Waals surface area contributed by atoms with Crippen molar-refractivity contribution in [3.63, 3.8) is 0 Å². The molecule has 0 amide bonds. The van der Waals surface area contributed by atoms with Gasteiger partial charge in [0.15, 0.2) is 0 Å². The van der Waals surface area contributed by atoms with E-state index in [2.05, 4.69) is 205 Å². The summed E-state index contributed by atoms with van der Waals surface area (Å²) in [7, 11) is 0. The molecule has 0 atom stereocenters. The molecule has 0 unspecified atom stereocenters. The Bertz CT molecular complexity index is 2970. The quantitative estimate of drug-likeness (QED) is 0.163. The average Bonchev–Trinajstić information content (AvgIpc) is 3.76. The minimum absolute atomic E-state index is 1.17. The zero-order valence-corrected chi connectivity index (χ0v) is 30.2. The second-order valence-electron chi connectivity index (χ2n) is 14.6. The molecule has 2 heterocycles. The smallest absolute Gasteiger partial charge is 0.0541 e.